The van der Waals surface area contributed by atoms with Crippen LogP contribution in [-0.4, -0.2) is 31.7 Å². The third kappa shape index (κ3) is 6.58. The molecule has 0 saturated heterocycles. The third-order valence-electron chi connectivity index (χ3n) is 3.47. The van der Waals surface area contributed by atoms with Crippen LogP contribution >= 0.6 is 0 Å². The molecule has 3 nitrogen and oxygen atoms in total. The predicted octanol–water partition coefficient (Wildman–Crippen LogP) is 3.39. The van der Waals surface area contributed by atoms with E-state index >= 15 is 0 Å². The summed E-state index contributed by atoms with van der Waals surface area (Å²) in [6.45, 7) is 14.2. The van der Waals surface area contributed by atoms with Crippen LogP contribution in [0, 0.1) is 0 Å². The third-order valence-corrected chi connectivity index (χ3v) is 14.9. The lowest BCUT2D eigenvalue weighted by molar-refractivity contribution is 0.394. The van der Waals surface area contributed by atoms with E-state index in [1.165, 1.54) is 5.19 Å². The van der Waals surface area contributed by atoms with Gasteiger partial charge < -0.3 is 14.0 Å². The van der Waals surface area contributed by atoms with Crippen molar-refractivity contribution in [3.05, 3.63) is 30.3 Å². The van der Waals surface area contributed by atoms with Crippen molar-refractivity contribution in [2.45, 2.75) is 51.7 Å². The van der Waals surface area contributed by atoms with Gasteiger partial charge in [0.05, 0.1) is 0 Å². The summed E-state index contributed by atoms with van der Waals surface area (Å²) in [6.07, 6.45) is 1.04. The van der Waals surface area contributed by atoms with Crippen molar-refractivity contribution < 1.29 is 8.23 Å². The standard InChI is InChI=1S/C15H31NO2Si3/c1-19(2,14-10-13-16)17-21(5,6)18-20(3,4)15-11-8-7-9-12-15/h7-9,11-12H,10,13-14,16H2,1-6H3. The molecule has 0 aliphatic carbocycles. The summed E-state index contributed by atoms with van der Waals surface area (Å²) >= 11 is 0. The molecule has 0 bridgehead atoms. The Bertz CT molecular complexity index is 436. The molecule has 1 aromatic rings. The first-order valence-electron chi connectivity index (χ1n) is 7.74. The fourth-order valence-corrected chi connectivity index (χ4v) is 16.5. The highest BCUT2D eigenvalue weighted by molar-refractivity contribution is 6.93. The second kappa shape index (κ2) is 7.34. The van der Waals surface area contributed by atoms with Gasteiger partial charge in [0.15, 0.2) is 8.32 Å². The van der Waals surface area contributed by atoms with Crippen LogP contribution < -0.4 is 10.9 Å². The molecule has 120 valence electrons. The summed E-state index contributed by atoms with van der Waals surface area (Å²) < 4.78 is 13.1. The quantitative estimate of drug-likeness (QED) is 0.737. The minimum atomic E-state index is -2.12. The maximum atomic E-state index is 6.59. The minimum absolute atomic E-state index is 0.743. The molecule has 0 heterocycles. The Balaban J connectivity index is 2.75. The smallest absolute Gasteiger partial charge is 0.311 e. The van der Waals surface area contributed by atoms with E-state index in [0.29, 0.717) is 0 Å². The van der Waals surface area contributed by atoms with E-state index in [0.717, 1.165) is 19.0 Å². The van der Waals surface area contributed by atoms with Gasteiger partial charge in [0.1, 0.15) is 0 Å². The molecule has 2 N–H and O–H groups in total. The van der Waals surface area contributed by atoms with E-state index in [4.69, 9.17) is 14.0 Å². The maximum absolute atomic E-state index is 6.59. The lowest BCUT2D eigenvalue weighted by Gasteiger charge is -2.38. The average Bonchev–Trinajstić information content (AvgIpc) is 2.35. The van der Waals surface area contributed by atoms with Gasteiger partial charge in [-0.2, -0.15) is 0 Å². The Labute approximate surface area is 133 Å². The molecule has 0 spiro atoms. The van der Waals surface area contributed by atoms with Crippen LogP contribution in [0.3, 0.4) is 0 Å². The van der Waals surface area contributed by atoms with E-state index in [1.807, 2.05) is 0 Å². The van der Waals surface area contributed by atoms with Crippen LogP contribution in [-0.2, 0) is 8.23 Å². The first-order chi connectivity index (χ1) is 9.58. The second-order valence-corrected chi connectivity index (χ2v) is 19.2. The Morgan fingerprint density at radius 2 is 1.48 bits per heavy atom. The van der Waals surface area contributed by atoms with Crippen LogP contribution in [0.1, 0.15) is 6.42 Å². The van der Waals surface area contributed by atoms with Crippen LogP contribution in [0.25, 0.3) is 0 Å². The summed E-state index contributed by atoms with van der Waals surface area (Å²) in [4.78, 5) is 0. The fourth-order valence-electron chi connectivity index (χ4n) is 2.78. The zero-order valence-corrected chi connectivity index (χ0v) is 17.4. The zero-order chi connectivity index (χ0) is 16.1. The minimum Gasteiger partial charge on any atom is -0.437 e. The van der Waals surface area contributed by atoms with Gasteiger partial charge in [-0.05, 0) is 63.5 Å². The van der Waals surface area contributed by atoms with Gasteiger partial charge >= 0.3 is 8.56 Å². The molecule has 21 heavy (non-hydrogen) atoms. The van der Waals surface area contributed by atoms with Crippen LogP contribution in [0.5, 0.6) is 0 Å². The Kier molecular flexibility index (Phi) is 6.57. The van der Waals surface area contributed by atoms with Crippen molar-refractivity contribution in [2.75, 3.05) is 6.54 Å². The molecule has 0 aromatic heterocycles. The Hall–Kier alpha value is -0.249. The highest BCUT2D eigenvalue weighted by Crippen LogP contribution is 2.23. The van der Waals surface area contributed by atoms with Gasteiger partial charge in [0, 0.05) is 0 Å². The normalized spacial score (nSPS) is 13.5. The summed E-state index contributed by atoms with van der Waals surface area (Å²) in [7, 11) is -5.72. The first kappa shape index (κ1) is 18.8. The average molecular weight is 342 g/mol. The van der Waals surface area contributed by atoms with Crippen LogP contribution in [0.2, 0.25) is 45.3 Å². The van der Waals surface area contributed by atoms with Gasteiger partial charge in [-0.15, -0.1) is 0 Å². The summed E-state index contributed by atoms with van der Waals surface area (Å²) in [5, 5.41) is 1.33. The highest BCUT2D eigenvalue weighted by Gasteiger charge is 2.40. The number of benzene rings is 1. The van der Waals surface area contributed by atoms with E-state index in [1.54, 1.807) is 0 Å². The van der Waals surface area contributed by atoms with E-state index in [-0.39, 0.29) is 0 Å². The van der Waals surface area contributed by atoms with Crippen LogP contribution in [0.4, 0.5) is 0 Å². The summed E-state index contributed by atoms with van der Waals surface area (Å²) in [5.74, 6) is 0. The summed E-state index contributed by atoms with van der Waals surface area (Å²) in [5.41, 5.74) is 5.63. The molecule has 0 unspecified atom stereocenters. The summed E-state index contributed by atoms with van der Waals surface area (Å²) in [6, 6.07) is 11.7. The van der Waals surface area contributed by atoms with Gasteiger partial charge in [0.25, 0.3) is 0 Å². The largest absolute Gasteiger partial charge is 0.437 e. The fraction of sp³-hybridized carbons (Fsp3) is 0.600. The van der Waals surface area contributed by atoms with Crippen molar-refractivity contribution in [3.63, 3.8) is 0 Å². The molecule has 0 amide bonds. The number of hydrogen-bond acceptors (Lipinski definition) is 3. The van der Waals surface area contributed by atoms with Crippen molar-refractivity contribution in [3.8, 4) is 0 Å². The lowest BCUT2D eigenvalue weighted by Crippen LogP contribution is -2.56. The molecule has 0 saturated carbocycles. The topological polar surface area (TPSA) is 44.5 Å². The molecular weight excluding hydrogens is 310 g/mol. The predicted molar refractivity (Wildman–Crippen MR) is 99.2 cm³/mol. The highest BCUT2D eigenvalue weighted by atomic mass is 28.5. The van der Waals surface area contributed by atoms with E-state index in [9.17, 15) is 0 Å². The van der Waals surface area contributed by atoms with Crippen molar-refractivity contribution in [1.29, 1.82) is 0 Å². The molecule has 1 aromatic carbocycles. The molecule has 6 heteroatoms. The van der Waals surface area contributed by atoms with Gasteiger partial charge in [-0.3, -0.25) is 0 Å². The van der Waals surface area contributed by atoms with Crippen molar-refractivity contribution in [1.82, 2.24) is 0 Å². The molecule has 0 aliphatic heterocycles. The molecular formula is C15H31NO2Si3. The second-order valence-electron chi connectivity index (χ2n) is 7.13. The van der Waals surface area contributed by atoms with Gasteiger partial charge in [0.2, 0.25) is 8.32 Å². The zero-order valence-electron chi connectivity index (χ0n) is 14.4. The number of hydrogen-bond donors (Lipinski definition) is 1. The van der Waals surface area contributed by atoms with Crippen LogP contribution in [0.15, 0.2) is 30.3 Å². The molecule has 1 rings (SSSR count). The maximum Gasteiger partial charge on any atom is 0.311 e. The van der Waals surface area contributed by atoms with E-state index < -0.39 is 25.2 Å². The van der Waals surface area contributed by atoms with Crippen molar-refractivity contribution >= 4 is 30.4 Å². The monoisotopic (exact) mass is 341 g/mol. The molecule has 0 fully saturated rings. The van der Waals surface area contributed by atoms with Gasteiger partial charge in [-0.25, -0.2) is 0 Å². The lowest BCUT2D eigenvalue weighted by atomic mass is 10.4. The van der Waals surface area contributed by atoms with Crippen molar-refractivity contribution in [2.24, 2.45) is 5.73 Å². The van der Waals surface area contributed by atoms with E-state index in [2.05, 4.69) is 69.6 Å². The van der Waals surface area contributed by atoms with Gasteiger partial charge in [-0.1, -0.05) is 30.3 Å². The first-order valence-corrected chi connectivity index (χ1v) is 16.6. The molecule has 0 radical (unpaired) electrons. The number of rotatable bonds is 8. The Morgan fingerprint density at radius 1 is 0.905 bits per heavy atom. The number of nitrogens with two attached hydrogens (primary N) is 1. The molecule has 0 atom stereocenters. The Morgan fingerprint density at radius 3 is 2.00 bits per heavy atom. The SMILES string of the molecule is C[Si](C)(CCCN)O[Si](C)(C)O[Si](C)(C)c1ccccc1. The molecule has 0 aliphatic rings.